The molecule has 0 amide bonds. The van der Waals surface area contributed by atoms with Crippen LogP contribution in [-0.2, 0) is 13.0 Å². The lowest BCUT2D eigenvalue weighted by Gasteiger charge is -2.08. The Morgan fingerprint density at radius 3 is 2.95 bits per heavy atom. The Morgan fingerprint density at radius 1 is 1.33 bits per heavy atom. The van der Waals surface area contributed by atoms with E-state index in [2.05, 4.69) is 12.4 Å². The molecule has 1 aromatic carbocycles. The van der Waals surface area contributed by atoms with E-state index in [4.69, 9.17) is 10.5 Å². The Morgan fingerprint density at radius 2 is 2.19 bits per heavy atom. The first-order valence-electron chi connectivity index (χ1n) is 7.44. The van der Waals surface area contributed by atoms with E-state index in [9.17, 15) is 4.39 Å². The number of halogens is 1. The molecular weight excluding hydrogens is 267 g/mol. The Bertz CT molecular complexity index is 636. The van der Waals surface area contributed by atoms with Gasteiger partial charge in [0.2, 0.25) is 0 Å². The molecule has 2 aromatic rings. The summed E-state index contributed by atoms with van der Waals surface area (Å²) in [5, 5.41) is 0. The molecule has 0 aliphatic heterocycles. The van der Waals surface area contributed by atoms with Gasteiger partial charge in [-0.15, -0.1) is 0 Å². The monoisotopic (exact) mass is 288 g/mol. The summed E-state index contributed by atoms with van der Waals surface area (Å²) in [7, 11) is 1.54. The van der Waals surface area contributed by atoms with Crippen LogP contribution in [0.5, 0.6) is 5.75 Å². The zero-order chi connectivity index (χ0) is 14.8. The molecule has 0 saturated heterocycles. The zero-order valence-corrected chi connectivity index (χ0v) is 12.3. The van der Waals surface area contributed by atoms with Crippen LogP contribution in [-0.4, -0.2) is 11.7 Å². The molecular formula is C17H21FN2O. The van der Waals surface area contributed by atoms with E-state index in [-0.39, 0.29) is 11.9 Å². The predicted octanol–water partition coefficient (Wildman–Crippen LogP) is 3.41. The Balaban J connectivity index is 1.84. The number of aromatic nitrogens is 1. The number of aryl methyl sites for hydroxylation is 1. The molecule has 0 radical (unpaired) electrons. The highest BCUT2D eigenvalue weighted by Gasteiger charge is 2.17. The molecule has 0 bridgehead atoms. The van der Waals surface area contributed by atoms with Gasteiger partial charge < -0.3 is 15.0 Å². The van der Waals surface area contributed by atoms with E-state index in [0.717, 1.165) is 12.8 Å². The van der Waals surface area contributed by atoms with Crippen LogP contribution in [0.25, 0.3) is 0 Å². The summed E-state index contributed by atoms with van der Waals surface area (Å²) in [4.78, 5) is 0. The molecule has 1 aliphatic rings. The van der Waals surface area contributed by atoms with E-state index in [1.165, 1.54) is 30.0 Å². The van der Waals surface area contributed by atoms with E-state index in [0.29, 0.717) is 17.9 Å². The molecule has 4 heteroatoms. The normalized spacial score (nSPS) is 18.1. The van der Waals surface area contributed by atoms with Gasteiger partial charge in [0.15, 0.2) is 0 Å². The molecule has 1 unspecified atom stereocenters. The van der Waals surface area contributed by atoms with Crippen molar-refractivity contribution >= 4 is 0 Å². The molecule has 0 spiro atoms. The summed E-state index contributed by atoms with van der Waals surface area (Å²) in [6, 6.07) is 5.11. The third kappa shape index (κ3) is 2.95. The minimum atomic E-state index is -0.234. The molecule has 0 fully saturated rings. The summed E-state index contributed by atoms with van der Waals surface area (Å²) in [6.07, 6.45) is 8.67. The zero-order valence-electron chi connectivity index (χ0n) is 12.3. The standard InChI is InChI=1S/C17H21FN2O/c1-21-14-7-6-13(16(18)8-14)10-20-9-12-4-2-3-5-17(19)15(12)11-20/h6-9,11,17H,2-5,10,19H2,1H3. The molecule has 21 heavy (non-hydrogen) atoms. The molecule has 3 rings (SSSR count). The quantitative estimate of drug-likeness (QED) is 0.879. The topological polar surface area (TPSA) is 40.2 Å². The lowest BCUT2D eigenvalue weighted by atomic mass is 10.1. The van der Waals surface area contributed by atoms with Crippen molar-refractivity contribution in [2.75, 3.05) is 7.11 Å². The maximum atomic E-state index is 14.0. The summed E-state index contributed by atoms with van der Waals surface area (Å²) < 4.78 is 21.1. The molecule has 1 atom stereocenters. The summed E-state index contributed by atoms with van der Waals surface area (Å²) in [5.41, 5.74) is 9.42. The fraction of sp³-hybridized carbons (Fsp3) is 0.412. The highest BCUT2D eigenvalue weighted by Crippen LogP contribution is 2.28. The fourth-order valence-corrected chi connectivity index (χ4v) is 3.02. The van der Waals surface area contributed by atoms with Crippen LogP contribution in [0.2, 0.25) is 0 Å². The average molecular weight is 288 g/mol. The van der Waals surface area contributed by atoms with Crippen LogP contribution in [0.3, 0.4) is 0 Å². The van der Waals surface area contributed by atoms with Crippen LogP contribution < -0.4 is 10.5 Å². The SMILES string of the molecule is COc1ccc(Cn2cc3c(c2)C(N)CCCC3)c(F)c1. The van der Waals surface area contributed by atoms with E-state index < -0.39 is 0 Å². The molecule has 1 aliphatic carbocycles. The minimum Gasteiger partial charge on any atom is -0.497 e. The Hall–Kier alpha value is -1.81. The first kappa shape index (κ1) is 14.1. The van der Waals surface area contributed by atoms with E-state index >= 15 is 0 Å². The average Bonchev–Trinajstić information content (AvgIpc) is 2.81. The summed E-state index contributed by atoms with van der Waals surface area (Å²) >= 11 is 0. The number of nitrogens with two attached hydrogens (primary N) is 1. The van der Waals surface area contributed by atoms with Crippen LogP contribution >= 0.6 is 0 Å². The van der Waals surface area contributed by atoms with Crippen molar-refractivity contribution in [1.82, 2.24) is 4.57 Å². The third-order valence-electron chi connectivity index (χ3n) is 4.22. The van der Waals surface area contributed by atoms with Gasteiger partial charge in [0.05, 0.1) is 7.11 Å². The van der Waals surface area contributed by atoms with Crippen molar-refractivity contribution in [3.8, 4) is 5.75 Å². The van der Waals surface area contributed by atoms with Crippen molar-refractivity contribution in [2.24, 2.45) is 5.73 Å². The smallest absolute Gasteiger partial charge is 0.131 e. The molecule has 3 nitrogen and oxygen atoms in total. The van der Waals surface area contributed by atoms with Crippen LogP contribution in [0.4, 0.5) is 4.39 Å². The predicted molar refractivity (Wildman–Crippen MR) is 81.0 cm³/mol. The van der Waals surface area contributed by atoms with Crippen molar-refractivity contribution in [2.45, 2.75) is 38.3 Å². The number of benzene rings is 1. The third-order valence-corrected chi connectivity index (χ3v) is 4.22. The Kier molecular flexibility index (Phi) is 3.97. The van der Waals surface area contributed by atoms with Gasteiger partial charge in [-0.3, -0.25) is 0 Å². The number of hydrogen-bond donors (Lipinski definition) is 1. The van der Waals surface area contributed by atoms with Gasteiger partial charge in [0.25, 0.3) is 0 Å². The lowest BCUT2D eigenvalue weighted by molar-refractivity contribution is 0.410. The molecule has 1 aromatic heterocycles. The first-order chi connectivity index (χ1) is 10.2. The van der Waals surface area contributed by atoms with Gasteiger partial charge in [-0.05, 0) is 36.5 Å². The van der Waals surface area contributed by atoms with Gasteiger partial charge in [-0.1, -0.05) is 12.5 Å². The van der Waals surface area contributed by atoms with Crippen LogP contribution in [0.1, 0.15) is 42.0 Å². The lowest BCUT2D eigenvalue weighted by Crippen LogP contribution is -2.09. The summed E-state index contributed by atoms with van der Waals surface area (Å²) in [5.74, 6) is 0.309. The first-order valence-corrected chi connectivity index (χ1v) is 7.44. The second-order valence-electron chi connectivity index (χ2n) is 5.72. The van der Waals surface area contributed by atoms with Crippen molar-refractivity contribution in [1.29, 1.82) is 0 Å². The van der Waals surface area contributed by atoms with Gasteiger partial charge >= 0.3 is 0 Å². The number of methoxy groups -OCH3 is 1. The fourth-order valence-electron chi connectivity index (χ4n) is 3.02. The van der Waals surface area contributed by atoms with Gasteiger partial charge in [0, 0.05) is 36.6 Å². The van der Waals surface area contributed by atoms with Crippen molar-refractivity contribution < 1.29 is 9.13 Å². The largest absolute Gasteiger partial charge is 0.497 e. The highest BCUT2D eigenvalue weighted by atomic mass is 19.1. The Labute approximate surface area is 124 Å². The number of rotatable bonds is 3. The molecule has 1 heterocycles. The van der Waals surface area contributed by atoms with Gasteiger partial charge in [-0.2, -0.15) is 0 Å². The van der Waals surface area contributed by atoms with Crippen LogP contribution in [0.15, 0.2) is 30.6 Å². The minimum absolute atomic E-state index is 0.115. The van der Waals surface area contributed by atoms with E-state index in [1.807, 2.05) is 4.57 Å². The molecule has 112 valence electrons. The van der Waals surface area contributed by atoms with Crippen molar-refractivity contribution in [3.63, 3.8) is 0 Å². The van der Waals surface area contributed by atoms with Crippen LogP contribution in [0, 0.1) is 5.82 Å². The van der Waals surface area contributed by atoms with Crippen molar-refractivity contribution in [3.05, 3.63) is 53.1 Å². The second-order valence-corrected chi connectivity index (χ2v) is 5.72. The summed E-state index contributed by atoms with van der Waals surface area (Å²) in [6.45, 7) is 0.523. The van der Waals surface area contributed by atoms with E-state index in [1.54, 1.807) is 19.2 Å². The maximum absolute atomic E-state index is 14.0. The number of ether oxygens (including phenoxy) is 1. The molecule has 2 N–H and O–H groups in total. The maximum Gasteiger partial charge on any atom is 0.131 e. The second kappa shape index (κ2) is 5.90. The number of hydrogen-bond acceptors (Lipinski definition) is 2. The number of fused-ring (bicyclic) bond motifs is 1. The highest BCUT2D eigenvalue weighted by molar-refractivity contribution is 5.32. The number of nitrogens with zero attached hydrogens (tertiary/aromatic N) is 1. The molecule has 0 saturated carbocycles. The van der Waals surface area contributed by atoms with Gasteiger partial charge in [0.1, 0.15) is 11.6 Å². The van der Waals surface area contributed by atoms with Gasteiger partial charge in [-0.25, -0.2) is 4.39 Å².